The summed E-state index contributed by atoms with van der Waals surface area (Å²) in [5.74, 6) is -1.09. The number of imide groups is 1. The van der Waals surface area contributed by atoms with Crippen LogP contribution in [0.2, 0.25) is 0 Å². The van der Waals surface area contributed by atoms with Crippen LogP contribution in [0.3, 0.4) is 0 Å². The summed E-state index contributed by atoms with van der Waals surface area (Å²) < 4.78 is 31.0. The van der Waals surface area contributed by atoms with Crippen LogP contribution in [0.4, 0.5) is 4.39 Å². The molecule has 0 fully saturated rings. The van der Waals surface area contributed by atoms with Crippen LogP contribution in [-0.4, -0.2) is 60.1 Å². The van der Waals surface area contributed by atoms with E-state index in [1.54, 1.807) is 13.0 Å². The zero-order chi connectivity index (χ0) is 30.4. The molecule has 0 saturated carbocycles. The van der Waals surface area contributed by atoms with Crippen molar-refractivity contribution in [3.05, 3.63) is 53.1 Å². The van der Waals surface area contributed by atoms with E-state index in [-0.39, 0.29) is 48.2 Å². The molecular weight excluding hydrogens is 529 g/mol. The van der Waals surface area contributed by atoms with Crippen molar-refractivity contribution in [2.24, 2.45) is 17.8 Å². The van der Waals surface area contributed by atoms with Crippen molar-refractivity contribution >= 4 is 17.6 Å². The lowest BCUT2D eigenvalue weighted by molar-refractivity contribution is -0.150. The van der Waals surface area contributed by atoms with Gasteiger partial charge >= 0.3 is 0 Å². The number of aliphatic hydroxyl groups is 1. The third-order valence-electron chi connectivity index (χ3n) is 7.60. The van der Waals surface area contributed by atoms with Gasteiger partial charge in [-0.1, -0.05) is 19.9 Å². The van der Waals surface area contributed by atoms with Crippen molar-refractivity contribution < 1.29 is 38.1 Å². The predicted molar refractivity (Wildman–Crippen MR) is 152 cm³/mol. The molecule has 9 heteroatoms. The summed E-state index contributed by atoms with van der Waals surface area (Å²) in [5.41, 5.74) is 0.518. The number of hydrogen-bond donors (Lipinski definition) is 1. The summed E-state index contributed by atoms with van der Waals surface area (Å²) in [6.07, 6.45) is 3.07. The number of allylic oxidation sites excluding steroid dienone is 1. The Morgan fingerprint density at radius 1 is 1.12 bits per heavy atom. The van der Waals surface area contributed by atoms with E-state index in [4.69, 9.17) is 14.2 Å². The van der Waals surface area contributed by atoms with E-state index in [0.29, 0.717) is 30.3 Å². The molecule has 0 saturated heterocycles. The zero-order valence-electron chi connectivity index (χ0n) is 25.2. The molecule has 1 heterocycles. The third-order valence-corrected chi connectivity index (χ3v) is 7.60. The number of hydrogen-bond acceptors (Lipinski definition) is 7. The van der Waals surface area contributed by atoms with Crippen molar-refractivity contribution in [2.45, 2.75) is 91.1 Å². The number of ketones is 1. The number of Topliss-reactive ketones (excluding diaryl/α,β-unsaturated/α-hetero) is 1. The van der Waals surface area contributed by atoms with Crippen LogP contribution >= 0.6 is 0 Å². The lowest BCUT2D eigenvalue weighted by Gasteiger charge is -2.33. The van der Waals surface area contributed by atoms with Gasteiger partial charge in [-0.3, -0.25) is 19.3 Å². The van der Waals surface area contributed by atoms with E-state index >= 15 is 0 Å². The first kappa shape index (κ1) is 32.5. The van der Waals surface area contributed by atoms with E-state index in [9.17, 15) is 23.9 Å². The number of methoxy groups -OCH3 is 2. The Bertz CT molecular complexity index is 1170. The van der Waals surface area contributed by atoms with Crippen LogP contribution in [0.1, 0.15) is 78.4 Å². The number of nitrogens with zero attached hydrogens (tertiary/aromatic N) is 1. The number of amides is 2. The molecule has 3 rings (SSSR count). The van der Waals surface area contributed by atoms with Crippen molar-refractivity contribution in [1.82, 2.24) is 4.90 Å². The van der Waals surface area contributed by atoms with Gasteiger partial charge in [0.1, 0.15) is 23.4 Å². The van der Waals surface area contributed by atoms with E-state index in [1.165, 1.54) is 32.4 Å². The highest BCUT2D eigenvalue weighted by atomic mass is 19.1. The van der Waals surface area contributed by atoms with Gasteiger partial charge in [0, 0.05) is 31.1 Å². The number of carbonyl (C=O) groups is 3. The summed E-state index contributed by atoms with van der Waals surface area (Å²) in [7, 11) is 2.93. The first-order valence-corrected chi connectivity index (χ1v) is 14.4. The number of halogens is 1. The number of rotatable bonds is 14. The van der Waals surface area contributed by atoms with Crippen molar-refractivity contribution in [2.75, 3.05) is 14.2 Å². The number of ether oxygens (including phenoxy) is 3. The van der Waals surface area contributed by atoms with Gasteiger partial charge in [0.05, 0.1) is 31.3 Å². The second-order valence-corrected chi connectivity index (χ2v) is 11.6. The van der Waals surface area contributed by atoms with Crippen LogP contribution in [0.15, 0.2) is 41.7 Å². The fraction of sp³-hybridized carbons (Fsp3) is 0.594. The van der Waals surface area contributed by atoms with Gasteiger partial charge in [0.2, 0.25) is 5.91 Å². The fourth-order valence-corrected chi connectivity index (χ4v) is 5.27. The summed E-state index contributed by atoms with van der Waals surface area (Å²) in [6.45, 7) is 9.44. The Kier molecular flexibility index (Phi) is 11.3. The maximum atomic E-state index is 14.1. The molecule has 226 valence electrons. The molecule has 5 unspecified atom stereocenters. The molecule has 0 aromatic heterocycles. The van der Waals surface area contributed by atoms with E-state index < -0.39 is 41.8 Å². The van der Waals surface area contributed by atoms with Crippen molar-refractivity contribution in [3.63, 3.8) is 0 Å². The molecule has 8 nitrogen and oxygen atoms in total. The van der Waals surface area contributed by atoms with Gasteiger partial charge in [-0.05, 0) is 76.1 Å². The van der Waals surface area contributed by atoms with E-state index in [1.807, 2.05) is 33.8 Å². The molecule has 0 spiro atoms. The minimum atomic E-state index is -1.11. The van der Waals surface area contributed by atoms with E-state index in [2.05, 4.69) is 0 Å². The van der Waals surface area contributed by atoms with Crippen LogP contribution in [0, 0.1) is 23.6 Å². The minimum absolute atomic E-state index is 0.00995. The monoisotopic (exact) mass is 573 g/mol. The Labute approximate surface area is 242 Å². The largest absolute Gasteiger partial charge is 0.496 e. The van der Waals surface area contributed by atoms with Crippen molar-refractivity contribution in [3.8, 4) is 5.75 Å². The van der Waals surface area contributed by atoms with Gasteiger partial charge in [-0.15, -0.1) is 0 Å². The van der Waals surface area contributed by atoms with Crippen LogP contribution in [-0.2, 0) is 23.9 Å². The number of benzene rings is 1. The molecule has 0 bridgehead atoms. The van der Waals surface area contributed by atoms with Gasteiger partial charge < -0.3 is 19.3 Å². The Hall–Kier alpha value is -3.04. The molecule has 1 aliphatic carbocycles. The Morgan fingerprint density at radius 3 is 2.44 bits per heavy atom. The smallest absolute Gasteiger partial charge is 0.259 e. The molecule has 2 aliphatic rings. The summed E-state index contributed by atoms with van der Waals surface area (Å²) in [5, 5.41) is 11.1. The van der Waals surface area contributed by atoms with Gasteiger partial charge in [-0.2, -0.15) is 0 Å². The second-order valence-electron chi connectivity index (χ2n) is 11.6. The highest BCUT2D eigenvalue weighted by Gasteiger charge is 2.44. The molecule has 1 aromatic carbocycles. The summed E-state index contributed by atoms with van der Waals surface area (Å²) in [6, 6.07) is 3.00. The molecule has 1 aromatic rings. The number of carbonyl (C=O) groups excluding carboxylic acids is 3. The zero-order valence-corrected chi connectivity index (χ0v) is 25.2. The summed E-state index contributed by atoms with van der Waals surface area (Å²) in [4.78, 5) is 41.7. The predicted octanol–water partition coefficient (Wildman–Crippen LogP) is 5.30. The standard InChI is InChI=1S/C32H44FNO7/c1-18(2)8-11-26(35)20(5)34-30(37)13-9-21(15-27(36)23-16-22(33)10-12-28(23)39-6)14-25(32(34)38)31(40-7)24-17-29(24)41-19(3)4/h10,12,14,16-21,24,27,31,36H,8-9,11,13,15H2,1-7H3/b25-14-. The Morgan fingerprint density at radius 2 is 1.83 bits per heavy atom. The fourth-order valence-electron chi connectivity index (χ4n) is 5.27. The first-order valence-electron chi connectivity index (χ1n) is 14.4. The summed E-state index contributed by atoms with van der Waals surface area (Å²) >= 11 is 0. The lowest BCUT2D eigenvalue weighted by atomic mass is 9.86. The highest BCUT2D eigenvalue weighted by molar-refractivity contribution is 6.08. The Balaban J connectivity index is 1.97. The molecule has 5 atom stereocenters. The molecule has 41 heavy (non-hydrogen) atoms. The van der Waals surface area contributed by atoms with Gasteiger partial charge in [0.25, 0.3) is 5.91 Å². The molecule has 0 radical (unpaired) electrons. The van der Waals surface area contributed by atoms with Crippen LogP contribution in [0.25, 0.3) is 0 Å². The van der Waals surface area contributed by atoms with Crippen LogP contribution < -0.4 is 4.74 Å². The average molecular weight is 574 g/mol. The lowest BCUT2D eigenvalue weighted by Crippen LogP contribution is -2.50. The molecule has 1 N–H and O–H groups in total. The maximum absolute atomic E-state index is 14.1. The SMILES string of the molecule is COc1ccc(F)cc1C(O)CC1/C=C(/C(OC)C2C=C2OC(C)C)C(=O)N(C(C)C(=O)CCC(C)C)C(=O)CC1. The van der Waals surface area contributed by atoms with Gasteiger partial charge in [-0.25, -0.2) is 4.39 Å². The quantitative estimate of drug-likeness (QED) is 0.302. The molecular formula is C32H44FNO7. The first-order chi connectivity index (χ1) is 19.4. The van der Waals surface area contributed by atoms with Gasteiger partial charge in [0.15, 0.2) is 5.78 Å². The second kappa shape index (κ2) is 14.2. The molecule has 2 amide bonds. The number of aliphatic hydroxyl groups excluding tert-OH is 1. The third kappa shape index (κ3) is 8.26. The molecule has 1 aliphatic heterocycles. The average Bonchev–Trinajstić information content (AvgIpc) is 3.66. The van der Waals surface area contributed by atoms with Crippen LogP contribution in [0.5, 0.6) is 5.75 Å². The highest BCUT2D eigenvalue weighted by Crippen LogP contribution is 2.41. The maximum Gasteiger partial charge on any atom is 0.259 e. The van der Waals surface area contributed by atoms with Crippen molar-refractivity contribution in [1.29, 1.82) is 0 Å². The van der Waals surface area contributed by atoms with E-state index in [0.717, 1.165) is 4.90 Å². The minimum Gasteiger partial charge on any atom is -0.496 e. The topological polar surface area (TPSA) is 102 Å². The normalized spacial score (nSPS) is 22.9.